The smallest absolute Gasteiger partial charge is 0.314 e. The lowest BCUT2D eigenvalue weighted by Crippen LogP contribution is -2.37. The van der Waals surface area contributed by atoms with Gasteiger partial charge in [0.05, 0.1) is 17.3 Å². The number of nitrogens with zero attached hydrogens (tertiary/aromatic N) is 1. The molecule has 0 unspecified atom stereocenters. The molecule has 2 rings (SSSR count). The molecular weight excluding hydrogens is 322 g/mol. The monoisotopic (exact) mass is 347 g/mol. The van der Waals surface area contributed by atoms with Crippen LogP contribution in [0, 0.1) is 6.92 Å². The Kier molecular flexibility index (Phi) is 7.21. The van der Waals surface area contributed by atoms with Crippen molar-refractivity contribution in [1.82, 2.24) is 15.6 Å². The van der Waals surface area contributed by atoms with Crippen molar-refractivity contribution in [3.05, 3.63) is 51.0 Å². The molecule has 0 aliphatic heterocycles. The third-order valence-electron chi connectivity index (χ3n) is 3.80. The number of urea groups is 1. The molecule has 0 bridgehead atoms. The number of benzene rings is 1. The van der Waals surface area contributed by atoms with E-state index in [9.17, 15) is 4.79 Å². The second-order valence-corrected chi connectivity index (χ2v) is 6.91. The lowest BCUT2D eigenvalue weighted by molar-refractivity contribution is 0.241. The molecule has 0 aliphatic carbocycles. The van der Waals surface area contributed by atoms with Crippen LogP contribution in [0.5, 0.6) is 0 Å². The van der Waals surface area contributed by atoms with Gasteiger partial charge in [-0.2, -0.15) is 0 Å². The van der Waals surface area contributed by atoms with Crippen LogP contribution >= 0.6 is 11.3 Å². The van der Waals surface area contributed by atoms with Crippen LogP contribution in [0.1, 0.15) is 33.6 Å². The number of aromatic nitrogens is 1. The van der Waals surface area contributed by atoms with Crippen molar-refractivity contribution in [2.45, 2.75) is 39.7 Å². The van der Waals surface area contributed by atoms with Crippen molar-refractivity contribution < 1.29 is 9.90 Å². The third kappa shape index (κ3) is 5.62. The Bertz CT molecular complexity index is 653. The fourth-order valence-corrected chi connectivity index (χ4v) is 3.42. The summed E-state index contributed by atoms with van der Waals surface area (Å²) in [5, 5.41) is 15.8. The molecular formula is C18H25N3O2S. The highest BCUT2D eigenvalue weighted by atomic mass is 32.1. The van der Waals surface area contributed by atoms with Gasteiger partial charge in [0, 0.05) is 24.4 Å². The van der Waals surface area contributed by atoms with Gasteiger partial charge in [0.1, 0.15) is 0 Å². The molecule has 0 saturated heterocycles. The molecule has 0 aliphatic rings. The van der Waals surface area contributed by atoms with E-state index in [0.717, 1.165) is 41.1 Å². The highest BCUT2D eigenvalue weighted by Crippen LogP contribution is 2.17. The minimum absolute atomic E-state index is 0.0549. The van der Waals surface area contributed by atoms with E-state index in [1.165, 1.54) is 4.88 Å². The van der Waals surface area contributed by atoms with Gasteiger partial charge in [-0.25, -0.2) is 9.78 Å². The lowest BCUT2D eigenvalue weighted by Gasteiger charge is -2.07. The van der Waals surface area contributed by atoms with Crippen LogP contribution in [0.3, 0.4) is 0 Å². The van der Waals surface area contributed by atoms with Gasteiger partial charge in [0.25, 0.3) is 0 Å². The minimum atomic E-state index is -0.147. The van der Waals surface area contributed by atoms with E-state index in [4.69, 9.17) is 5.11 Å². The Morgan fingerprint density at radius 1 is 1.12 bits per heavy atom. The Labute approximate surface area is 147 Å². The zero-order chi connectivity index (χ0) is 17.4. The number of carbonyl (C=O) groups is 1. The summed E-state index contributed by atoms with van der Waals surface area (Å²) in [5.74, 6) is 0. The van der Waals surface area contributed by atoms with Crippen LogP contribution in [0.15, 0.2) is 24.3 Å². The average Bonchev–Trinajstić information content (AvgIpc) is 2.95. The zero-order valence-electron chi connectivity index (χ0n) is 14.3. The van der Waals surface area contributed by atoms with Gasteiger partial charge in [-0.3, -0.25) is 0 Å². The summed E-state index contributed by atoms with van der Waals surface area (Å²) in [4.78, 5) is 17.6. The SMILES string of the molecule is CCc1nc(CCNC(=O)NCCc2ccc(CO)cc2)sc1C. The predicted molar refractivity (Wildman–Crippen MR) is 97.4 cm³/mol. The van der Waals surface area contributed by atoms with Crippen molar-refractivity contribution >= 4 is 17.4 Å². The Morgan fingerprint density at radius 3 is 2.33 bits per heavy atom. The Balaban J connectivity index is 1.64. The summed E-state index contributed by atoms with van der Waals surface area (Å²) in [6.07, 6.45) is 2.49. The first kappa shape index (κ1) is 18.4. The maximum absolute atomic E-state index is 11.8. The number of nitrogens with one attached hydrogen (secondary N) is 2. The van der Waals surface area contributed by atoms with E-state index in [2.05, 4.69) is 29.5 Å². The summed E-state index contributed by atoms with van der Waals surface area (Å²) >= 11 is 1.71. The van der Waals surface area contributed by atoms with Crippen LogP contribution < -0.4 is 10.6 Å². The molecule has 1 heterocycles. The number of aliphatic hydroxyl groups excluding tert-OH is 1. The Morgan fingerprint density at radius 2 is 1.75 bits per heavy atom. The van der Waals surface area contributed by atoms with E-state index in [0.29, 0.717) is 13.1 Å². The molecule has 2 amide bonds. The van der Waals surface area contributed by atoms with Crippen molar-refractivity contribution in [2.24, 2.45) is 0 Å². The highest BCUT2D eigenvalue weighted by molar-refractivity contribution is 7.11. The number of aryl methyl sites for hydroxylation is 2. The molecule has 0 saturated carbocycles. The van der Waals surface area contributed by atoms with E-state index in [1.54, 1.807) is 11.3 Å². The zero-order valence-corrected chi connectivity index (χ0v) is 15.1. The molecule has 24 heavy (non-hydrogen) atoms. The number of aliphatic hydroxyl groups is 1. The van der Waals surface area contributed by atoms with E-state index < -0.39 is 0 Å². The molecule has 6 heteroatoms. The van der Waals surface area contributed by atoms with Gasteiger partial charge in [0.15, 0.2) is 0 Å². The molecule has 1 aromatic heterocycles. The quantitative estimate of drug-likeness (QED) is 0.687. The predicted octanol–water partition coefficient (Wildman–Crippen LogP) is 2.59. The minimum Gasteiger partial charge on any atom is -0.392 e. The van der Waals surface area contributed by atoms with Gasteiger partial charge in [-0.15, -0.1) is 11.3 Å². The second kappa shape index (κ2) is 9.39. The topological polar surface area (TPSA) is 74.2 Å². The van der Waals surface area contributed by atoms with E-state index >= 15 is 0 Å². The molecule has 0 atom stereocenters. The van der Waals surface area contributed by atoms with Gasteiger partial charge in [0.2, 0.25) is 0 Å². The standard InChI is InChI=1S/C18H25N3O2S/c1-3-16-13(2)24-17(21-16)9-11-20-18(23)19-10-8-14-4-6-15(12-22)7-5-14/h4-7,22H,3,8-12H2,1-2H3,(H2,19,20,23). The van der Waals surface area contributed by atoms with Gasteiger partial charge in [-0.05, 0) is 30.9 Å². The average molecular weight is 347 g/mol. The first-order chi connectivity index (χ1) is 11.6. The highest BCUT2D eigenvalue weighted by Gasteiger charge is 2.06. The van der Waals surface area contributed by atoms with Crippen molar-refractivity contribution in [3.8, 4) is 0 Å². The van der Waals surface area contributed by atoms with Crippen LogP contribution in [-0.2, 0) is 25.9 Å². The van der Waals surface area contributed by atoms with Crippen LogP contribution in [0.2, 0.25) is 0 Å². The number of thiazole rings is 1. The maximum atomic E-state index is 11.8. The summed E-state index contributed by atoms with van der Waals surface area (Å²) in [6, 6.07) is 7.60. The van der Waals surface area contributed by atoms with Crippen molar-refractivity contribution in [2.75, 3.05) is 13.1 Å². The van der Waals surface area contributed by atoms with Crippen LogP contribution in [-0.4, -0.2) is 29.2 Å². The fraction of sp³-hybridized carbons (Fsp3) is 0.444. The summed E-state index contributed by atoms with van der Waals surface area (Å²) in [6.45, 7) is 5.43. The number of hydrogen-bond donors (Lipinski definition) is 3. The maximum Gasteiger partial charge on any atom is 0.314 e. The molecule has 130 valence electrons. The first-order valence-electron chi connectivity index (χ1n) is 8.28. The summed E-state index contributed by atoms with van der Waals surface area (Å²) < 4.78 is 0. The van der Waals surface area contributed by atoms with Gasteiger partial charge in [-0.1, -0.05) is 31.2 Å². The molecule has 1 aromatic carbocycles. The molecule has 0 fully saturated rings. The summed E-state index contributed by atoms with van der Waals surface area (Å²) in [5.41, 5.74) is 3.19. The van der Waals surface area contributed by atoms with Crippen molar-refractivity contribution in [3.63, 3.8) is 0 Å². The van der Waals surface area contributed by atoms with E-state index in [1.807, 2.05) is 24.3 Å². The normalized spacial score (nSPS) is 10.6. The first-order valence-corrected chi connectivity index (χ1v) is 9.09. The third-order valence-corrected chi connectivity index (χ3v) is 4.87. The molecule has 2 aromatic rings. The van der Waals surface area contributed by atoms with E-state index in [-0.39, 0.29) is 12.6 Å². The molecule has 0 radical (unpaired) electrons. The largest absolute Gasteiger partial charge is 0.392 e. The van der Waals surface area contributed by atoms with Crippen LogP contribution in [0.25, 0.3) is 0 Å². The molecule has 0 spiro atoms. The van der Waals surface area contributed by atoms with Crippen LogP contribution in [0.4, 0.5) is 4.79 Å². The number of amides is 2. The number of rotatable bonds is 8. The number of hydrogen-bond acceptors (Lipinski definition) is 4. The summed E-state index contributed by atoms with van der Waals surface area (Å²) in [7, 11) is 0. The molecule has 3 N–H and O–H groups in total. The van der Waals surface area contributed by atoms with Gasteiger partial charge >= 0.3 is 6.03 Å². The van der Waals surface area contributed by atoms with Crippen molar-refractivity contribution in [1.29, 1.82) is 0 Å². The lowest BCUT2D eigenvalue weighted by atomic mass is 10.1. The molecule has 5 nitrogen and oxygen atoms in total. The Hall–Kier alpha value is -1.92. The fourth-order valence-electron chi connectivity index (χ4n) is 2.40. The van der Waals surface area contributed by atoms with Gasteiger partial charge < -0.3 is 15.7 Å². The second-order valence-electron chi connectivity index (χ2n) is 5.62. The number of carbonyl (C=O) groups excluding carboxylic acids is 1.